The van der Waals surface area contributed by atoms with Gasteiger partial charge in [-0.15, -0.1) is 5.10 Å². The molecule has 3 aromatic rings. The van der Waals surface area contributed by atoms with Gasteiger partial charge in [-0.05, 0) is 50.4 Å². The van der Waals surface area contributed by atoms with Crippen molar-refractivity contribution >= 4 is 33.2 Å². The number of hydrogen-bond donors (Lipinski definition) is 1. The fourth-order valence-corrected chi connectivity index (χ4v) is 5.15. The van der Waals surface area contributed by atoms with Gasteiger partial charge in [0.1, 0.15) is 0 Å². The summed E-state index contributed by atoms with van der Waals surface area (Å²) < 4.78 is 29.0. The molecule has 2 aromatic carbocycles. The van der Waals surface area contributed by atoms with E-state index in [9.17, 15) is 13.2 Å². The lowest BCUT2D eigenvalue weighted by Gasteiger charge is -2.31. The normalized spacial score (nSPS) is 15.6. The van der Waals surface area contributed by atoms with Crippen LogP contribution in [-0.4, -0.2) is 71.8 Å². The fourth-order valence-electron chi connectivity index (χ4n) is 3.49. The summed E-state index contributed by atoms with van der Waals surface area (Å²) in [5.74, 6) is -0.482. The summed E-state index contributed by atoms with van der Waals surface area (Å²) in [6.45, 7) is 3.95. The molecule has 0 aliphatic carbocycles. The summed E-state index contributed by atoms with van der Waals surface area (Å²) >= 11 is 6.04. The van der Waals surface area contributed by atoms with Gasteiger partial charge in [0.2, 0.25) is 10.0 Å². The molecule has 1 amide bonds. The number of sulfonamides is 1. The molecule has 2 heterocycles. The van der Waals surface area contributed by atoms with E-state index in [0.717, 1.165) is 0 Å². The molecule has 1 fully saturated rings. The van der Waals surface area contributed by atoms with Crippen LogP contribution in [0.4, 0.5) is 5.69 Å². The standard InChI is InChI=1S/C21H23ClN6O3S/c1-15-20(24-25-28(15)18-7-3-5-16(22)13-18)21(29)23-17-6-4-8-19(14-17)32(30,31)27-11-9-26(2)10-12-27/h3-8,13-14H,9-12H2,1-2H3,(H,23,29). The Hall–Kier alpha value is -2.79. The number of rotatable bonds is 5. The number of benzene rings is 2. The molecule has 0 bridgehead atoms. The number of likely N-dealkylation sites (N-methyl/N-ethyl adjacent to an activating group) is 1. The van der Waals surface area contributed by atoms with E-state index in [1.807, 2.05) is 13.1 Å². The van der Waals surface area contributed by atoms with Crippen molar-refractivity contribution in [1.29, 1.82) is 0 Å². The van der Waals surface area contributed by atoms with E-state index >= 15 is 0 Å². The molecule has 1 N–H and O–H groups in total. The van der Waals surface area contributed by atoms with E-state index < -0.39 is 15.9 Å². The maximum Gasteiger partial charge on any atom is 0.278 e. The van der Waals surface area contributed by atoms with Gasteiger partial charge < -0.3 is 10.2 Å². The SMILES string of the molecule is Cc1c(C(=O)Nc2cccc(S(=O)(=O)N3CCN(C)CC3)c2)nnn1-c1cccc(Cl)c1. The zero-order chi connectivity index (χ0) is 22.9. The largest absolute Gasteiger partial charge is 0.320 e. The Morgan fingerprint density at radius 2 is 1.78 bits per heavy atom. The van der Waals surface area contributed by atoms with Gasteiger partial charge in [0.05, 0.1) is 16.3 Å². The Kier molecular flexibility index (Phi) is 6.29. The quantitative estimate of drug-likeness (QED) is 0.609. The Balaban J connectivity index is 1.54. The number of carbonyl (C=O) groups is 1. The number of carbonyl (C=O) groups excluding carboxylic acids is 1. The minimum absolute atomic E-state index is 0.136. The Labute approximate surface area is 191 Å². The number of nitrogens with one attached hydrogen (secondary N) is 1. The minimum Gasteiger partial charge on any atom is -0.320 e. The van der Waals surface area contributed by atoms with Crippen LogP contribution in [0.5, 0.6) is 0 Å². The highest BCUT2D eigenvalue weighted by atomic mass is 35.5. The predicted octanol–water partition coefficient (Wildman–Crippen LogP) is 2.42. The molecule has 0 saturated carbocycles. The Morgan fingerprint density at radius 1 is 1.06 bits per heavy atom. The monoisotopic (exact) mass is 474 g/mol. The highest BCUT2D eigenvalue weighted by Gasteiger charge is 2.28. The third-order valence-corrected chi connectivity index (χ3v) is 7.48. The molecule has 9 nitrogen and oxygen atoms in total. The number of aromatic nitrogens is 3. The number of hydrogen-bond acceptors (Lipinski definition) is 6. The second kappa shape index (κ2) is 8.99. The summed E-state index contributed by atoms with van der Waals surface area (Å²) in [4.78, 5) is 15.0. The Morgan fingerprint density at radius 3 is 2.50 bits per heavy atom. The van der Waals surface area contributed by atoms with Crippen LogP contribution in [0.1, 0.15) is 16.2 Å². The van der Waals surface area contributed by atoms with Gasteiger partial charge in [-0.2, -0.15) is 4.31 Å². The first-order valence-electron chi connectivity index (χ1n) is 10.0. The second-order valence-corrected chi connectivity index (χ2v) is 9.98. The van der Waals surface area contributed by atoms with Gasteiger partial charge in [0.15, 0.2) is 5.69 Å². The lowest BCUT2D eigenvalue weighted by atomic mass is 10.2. The molecule has 1 saturated heterocycles. The molecule has 1 aliphatic heterocycles. The van der Waals surface area contributed by atoms with E-state index in [1.54, 1.807) is 37.3 Å². The summed E-state index contributed by atoms with van der Waals surface area (Å²) in [5, 5.41) is 11.3. The number of nitrogens with zero attached hydrogens (tertiary/aromatic N) is 5. The van der Waals surface area contributed by atoms with E-state index in [-0.39, 0.29) is 10.6 Å². The van der Waals surface area contributed by atoms with Crippen LogP contribution in [0.25, 0.3) is 5.69 Å². The first kappa shape index (κ1) is 22.4. The van der Waals surface area contributed by atoms with Gasteiger partial charge >= 0.3 is 0 Å². The van der Waals surface area contributed by atoms with Crippen LogP contribution in [0.15, 0.2) is 53.4 Å². The van der Waals surface area contributed by atoms with Gasteiger partial charge in [-0.1, -0.05) is 28.9 Å². The summed E-state index contributed by atoms with van der Waals surface area (Å²) in [6.07, 6.45) is 0. The van der Waals surface area contributed by atoms with Crippen LogP contribution in [-0.2, 0) is 10.0 Å². The van der Waals surface area contributed by atoms with Crippen molar-refractivity contribution in [3.63, 3.8) is 0 Å². The van der Waals surface area contributed by atoms with Crippen LogP contribution in [0.2, 0.25) is 5.02 Å². The summed E-state index contributed by atoms with van der Waals surface area (Å²) in [6, 6.07) is 13.3. The molecule has 0 atom stereocenters. The number of piperazine rings is 1. The van der Waals surface area contributed by atoms with Gasteiger partial charge in [-0.3, -0.25) is 4.79 Å². The van der Waals surface area contributed by atoms with E-state index in [0.29, 0.717) is 48.3 Å². The summed E-state index contributed by atoms with van der Waals surface area (Å²) in [7, 11) is -1.68. The maximum absolute atomic E-state index is 13.0. The van der Waals surface area contributed by atoms with Crippen LogP contribution in [0.3, 0.4) is 0 Å². The molecule has 1 aliphatic rings. The van der Waals surface area contributed by atoms with E-state index in [1.165, 1.54) is 21.1 Å². The molecule has 4 rings (SSSR count). The van der Waals surface area contributed by atoms with Crippen molar-refractivity contribution in [3.8, 4) is 5.69 Å². The van der Waals surface area contributed by atoms with Crippen LogP contribution < -0.4 is 5.32 Å². The summed E-state index contributed by atoms with van der Waals surface area (Å²) in [5.41, 5.74) is 1.71. The number of amides is 1. The molecular weight excluding hydrogens is 452 g/mol. The maximum atomic E-state index is 13.0. The van der Waals surface area contributed by atoms with Crippen molar-refractivity contribution in [3.05, 3.63) is 64.9 Å². The second-order valence-electron chi connectivity index (χ2n) is 7.60. The van der Waals surface area contributed by atoms with Crippen LogP contribution >= 0.6 is 11.6 Å². The van der Waals surface area contributed by atoms with Gasteiger partial charge in [-0.25, -0.2) is 13.1 Å². The highest BCUT2D eigenvalue weighted by Crippen LogP contribution is 2.22. The molecule has 32 heavy (non-hydrogen) atoms. The lowest BCUT2D eigenvalue weighted by molar-refractivity contribution is 0.102. The molecule has 1 aromatic heterocycles. The Bertz CT molecular complexity index is 1250. The van der Waals surface area contributed by atoms with Gasteiger partial charge in [0, 0.05) is 36.9 Å². The van der Waals surface area contributed by atoms with Crippen molar-refractivity contribution < 1.29 is 13.2 Å². The highest BCUT2D eigenvalue weighted by molar-refractivity contribution is 7.89. The average molecular weight is 475 g/mol. The number of anilines is 1. The molecule has 0 radical (unpaired) electrons. The van der Waals surface area contributed by atoms with Crippen molar-refractivity contribution in [1.82, 2.24) is 24.2 Å². The molecule has 0 unspecified atom stereocenters. The fraction of sp³-hybridized carbons (Fsp3) is 0.286. The zero-order valence-electron chi connectivity index (χ0n) is 17.7. The molecule has 0 spiro atoms. The van der Waals surface area contributed by atoms with Crippen LogP contribution in [0, 0.1) is 6.92 Å². The zero-order valence-corrected chi connectivity index (χ0v) is 19.3. The predicted molar refractivity (Wildman–Crippen MR) is 122 cm³/mol. The molecule has 168 valence electrons. The third-order valence-electron chi connectivity index (χ3n) is 5.35. The van der Waals surface area contributed by atoms with Crippen molar-refractivity contribution in [2.45, 2.75) is 11.8 Å². The van der Waals surface area contributed by atoms with Crippen molar-refractivity contribution in [2.75, 3.05) is 38.5 Å². The number of halogens is 1. The van der Waals surface area contributed by atoms with E-state index in [4.69, 9.17) is 11.6 Å². The first-order chi connectivity index (χ1) is 15.3. The van der Waals surface area contributed by atoms with E-state index in [2.05, 4.69) is 20.5 Å². The third kappa shape index (κ3) is 4.53. The lowest BCUT2D eigenvalue weighted by Crippen LogP contribution is -2.47. The minimum atomic E-state index is -3.64. The smallest absolute Gasteiger partial charge is 0.278 e. The average Bonchev–Trinajstić information content (AvgIpc) is 3.16. The van der Waals surface area contributed by atoms with Crippen molar-refractivity contribution in [2.24, 2.45) is 0 Å². The molecule has 11 heteroatoms. The van der Waals surface area contributed by atoms with Gasteiger partial charge in [0.25, 0.3) is 5.91 Å². The first-order valence-corrected chi connectivity index (χ1v) is 11.9. The molecular formula is C21H23ClN6O3S. The topological polar surface area (TPSA) is 100 Å².